The van der Waals surface area contributed by atoms with Crippen LogP contribution < -0.4 is 5.32 Å². The summed E-state index contributed by atoms with van der Waals surface area (Å²) in [6.07, 6.45) is 0.710. The van der Waals surface area contributed by atoms with E-state index in [9.17, 15) is 9.18 Å². The molecule has 0 fully saturated rings. The molecule has 1 N–H and O–H groups in total. The summed E-state index contributed by atoms with van der Waals surface area (Å²) in [5.41, 5.74) is 1.50. The van der Waals surface area contributed by atoms with E-state index in [0.29, 0.717) is 16.6 Å². The van der Waals surface area contributed by atoms with Gasteiger partial charge in [-0.25, -0.2) is 4.39 Å². The van der Waals surface area contributed by atoms with E-state index >= 15 is 0 Å². The van der Waals surface area contributed by atoms with Crippen molar-refractivity contribution < 1.29 is 9.18 Å². The van der Waals surface area contributed by atoms with E-state index in [0.717, 1.165) is 5.56 Å². The number of benzene rings is 1. The molecule has 0 aliphatic carbocycles. The van der Waals surface area contributed by atoms with E-state index in [4.69, 9.17) is 0 Å². The van der Waals surface area contributed by atoms with E-state index < -0.39 is 0 Å². The lowest BCUT2D eigenvalue weighted by atomic mass is 9.82. The zero-order valence-corrected chi connectivity index (χ0v) is 11.7. The number of hydrogen-bond acceptors (Lipinski definition) is 1. The number of nitrogens with one attached hydrogen (secondary N) is 1. The molecule has 17 heavy (non-hydrogen) atoms. The van der Waals surface area contributed by atoms with Crippen LogP contribution >= 0.6 is 15.9 Å². The van der Waals surface area contributed by atoms with Crippen molar-refractivity contribution in [2.45, 2.75) is 33.1 Å². The maximum Gasteiger partial charge on any atom is 0.232 e. The van der Waals surface area contributed by atoms with Crippen molar-refractivity contribution in [1.29, 1.82) is 0 Å². The molecule has 1 aliphatic heterocycles. The fourth-order valence-corrected chi connectivity index (χ4v) is 2.71. The summed E-state index contributed by atoms with van der Waals surface area (Å²) < 4.78 is 14.0. The highest BCUT2D eigenvalue weighted by molar-refractivity contribution is 9.10. The first-order chi connectivity index (χ1) is 7.78. The number of carbonyl (C=O) groups is 1. The van der Waals surface area contributed by atoms with Gasteiger partial charge in [0, 0.05) is 4.47 Å². The van der Waals surface area contributed by atoms with Gasteiger partial charge >= 0.3 is 0 Å². The van der Waals surface area contributed by atoms with Crippen molar-refractivity contribution in [2.24, 2.45) is 5.41 Å². The van der Waals surface area contributed by atoms with E-state index in [2.05, 4.69) is 42.0 Å². The minimum absolute atomic E-state index is 0.0302. The first kappa shape index (κ1) is 12.6. The monoisotopic (exact) mass is 299 g/mol. The van der Waals surface area contributed by atoms with Crippen LogP contribution in [0, 0.1) is 11.2 Å². The van der Waals surface area contributed by atoms with Crippen molar-refractivity contribution in [1.82, 2.24) is 0 Å². The lowest BCUT2D eigenvalue weighted by molar-refractivity contribution is -0.117. The zero-order chi connectivity index (χ0) is 12.8. The molecule has 0 saturated carbocycles. The second-order valence-electron chi connectivity index (χ2n) is 5.66. The van der Waals surface area contributed by atoms with Crippen LogP contribution in [0.3, 0.4) is 0 Å². The standard InChI is InChI=1S/C13H15BrFNO/c1-13(2,3)6-9-8-4-7(15)5-10(14)11(8)16-12(9)17/h4-5,9H,6H2,1-3H3,(H,16,17). The third kappa shape index (κ3) is 2.51. The van der Waals surface area contributed by atoms with Crippen LogP contribution in [-0.2, 0) is 4.79 Å². The fraction of sp³-hybridized carbons (Fsp3) is 0.462. The number of hydrogen-bond donors (Lipinski definition) is 1. The average molecular weight is 300 g/mol. The number of fused-ring (bicyclic) bond motifs is 1. The van der Waals surface area contributed by atoms with Gasteiger partial charge in [0.15, 0.2) is 0 Å². The highest BCUT2D eigenvalue weighted by Crippen LogP contribution is 2.43. The minimum atomic E-state index is -0.314. The van der Waals surface area contributed by atoms with Crippen LogP contribution in [0.1, 0.15) is 38.7 Å². The van der Waals surface area contributed by atoms with E-state index in [1.807, 2.05) is 0 Å². The van der Waals surface area contributed by atoms with Crippen LogP contribution in [0.25, 0.3) is 0 Å². The Kier molecular flexibility index (Phi) is 3.02. The smallest absolute Gasteiger partial charge is 0.232 e. The van der Waals surface area contributed by atoms with Gasteiger partial charge in [0.1, 0.15) is 5.82 Å². The largest absolute Gasteiger partial charge is 0.324 e. The molecule has 2 nitrogen and oxygen atoms in total. The van der Waals surface area contributed by atoms with Gasteiger partial charge in [0.25, 0.3) is 0 Å². The molecular weight excluding hydrogens is 285 g/mol. The number of anilines is 1. The molecule has 1 aliphatic rings. The SMILES string of the molecule is CC(C)(C)CC1C(=O)Nc2c(Br)cc(F)cc21. The van der Waals surface area contributed by atoms with Crippen molar-refractivity contribution in [3.8, 4) is 0 Å². The van der Waals surface area contributed by atoms with E-state index in [-0.39, 0.29) is 23.1 Å². The van der Waals surface area contributed by atoms with Gasteiger partial charge in [-0.1, -0.05) is 20.8 Å². The first-order valence-electron chi connectivity index (χ1n) is 5.58. The average Bonchev–Trinajstić information content (AvgIpc) is 2.43. The number of rotatable bonds is 1. The highest BCUT2D eigenvalue weighted by Gasteiger charge is 2.35. The normalized spacial score (nSPS) is 19.1. The fourth-order valence-electron chi connectivity index (χ4n) is 2.17. The van der Waals surface area contributed by atoms with E-state index in [1.165, 1.54) is 12.1 Å². The zero-order valence-electron chi connectivity index (χ0n) is 10.1. The predicted octanol–water partition coefficient (Wildman–Crippen LogP) is 4.06. The van der Waals surface area contributed by atoms with E-state index in [1.54, 1.807) is 0 Å². The Balaban J connectivity index is 2.43. The van der Waals surface area contributed by atoms with Gasteiger partial charge in [-0.2, -0.15) is 0 Å². The number of amides is 1. The summed E-state index contributed by atoms with van der Waals surface area (Å²) in [7, 11) is 0. The van der Waals surface area contributed by atoms with Crippen LogP contribution in [0.4, 0.5) is 10.1 Å². The van der Waals surface area contributed by atoms with Crippen molar-refractivity contribution in [2.75, 3.05) is 5.32 Å². The quantitative estimate of drug-likeness (QED) is 0.832. The van der Waals surface area contributed by atoms with Gasteiger partial charge in [-0.05, 0) is 45.5 Å². The molecule has 4 heteroatoms. The predicted molar refractivity (Wildman–Crippen MR) is 69.5 cm³/mol. The maximum atomic E-state index is 13.4. The Labute approximate surface area is 109 Å². The molecule has 1 amide bonds. The van der Waals surface area contributed by atoms with Gasteiger partial charge in [0.2, 0.25) is 5.91 Å². The molecule has 0 bridgehead atoms. The lowest BCUT2D eigenvalue weighted by Gasteiger charge is -2.21. The van der Waals surface area contributed by atoms with Gasteiger partial charge in [-0.15, -0.1) is 0 Å². The van der Waals surface area contributed by atoms with Crippen LogP contribution in [0.15, 0.2) is 16.6 Å². The van der Waals surface area contributed by atoms with Crippen molar-refractivity contribution in [3.05, 3.63) is 28.0 Å². The summed E-state index contributed by atoms with van der Waals surface area (Å²) >= 11 is 3.28. The molecule has 1 atom stereocenters. The molecule has 1 heterocycles. The van der Waals surface area contributed by atoms with Crippen LogP contribution in [0.5, 0.6) is 0 Å². The van der Waals surface area contributed by atoms with Crippen molar-refractivity contribution >= 4 is 27.5 Å². The summed E-state index contributed by atoms with van der Waals surface area (Å²) in [6.45, 7) is 6.23. The van der Waals surface area contributed by atoms with Gasteiger partial charge in [0.05, 0.1) is 11.6 Å². The van der Waals surface area contributed by atoms with Gasteiger partial charge in [-0.3, -0.25) is 4.79 Å². The lowest BCUT2D eigenvalue weighted by Crippen LogP contribution is -2.18. The molecule has 92 valence electrons. The number of halogens is 2. The Hall–Kier alpha value is -0.900. The Morgan fingerprint density at radius 2 is 2.06 bits per heavy atom. The molecule has 0 spiro atoms. The Bertz CT molecular complexity index is 479. The summed E-state index contributed by atoms with van der Waals surface area (Å²) in [5.74, 6) is -0.607. The summed E-state index contributed by atoms with van der Waals surface area (Å²) in [5, 5.41) is 2.81. The Morgan fingerprint density at radius 3 is 2.65 bits per heavy atom. The third-order valence-electron chi connectivity index (χ3n) is 2.84. The summed E-state index contributed by atoms with van der Waals surface area (Å²) in [6, 6.07) is 2.83. The molecule has 0 aromatic heterocycles. The van der Waals surface area contributed by atoms with Gasteiger partial charge < -0.3 is 5.32 Å². The molecular formula is C13H15BrFNO. The second kappa shape index (κ2) is 4.09. The molecule has 0 radical (unpaired) electrons. The Morgan fingerprint density at radius 1 is 1.41 bits per heavy atom. The highest BCUT2D eigenvalue weighted by atomic mass is 79.9. The summed E-state index contributed by atoms with van der Waals surface area (Å²) in [4.78, 5) is 11.9. The first-order valence-corrected chi connectivity index (χ1v) is 6.37. The third-order valence-corrected chi connectivity index (χ3v) is 3.47. The van der Waals surface area contributed by atoms with Crippen molar-refractivity contribution in [3.63, 3.8) is 0 Å². The minimum Gasteiger partial charge on any atom is -0.324 e. The molecule has 1 aromatic carbocycles. The number of carbonyl (C=O) groups excluding carboxylic acids is 1. The molecule has 1 aromatic rings. The maximum absolute atomic E-state index is 13.4. The molecule has 2 rings (SSSR count). The van der Waals surface area contributed by atoms with Crippen LogP contribution in [0.2, 0.25) is 0 Å². The topological polar surface area (TPSA) is 29.1 Å². The van der Waals surface area contributed by atoms with Crippen LogP contribution in [-0.4, -0.2) is 5.91 Å². The second-order valence-corrected chi connectivity index (χ2v) is 6.51. The molecule has 1 unspecified atom stereocenters. The molecule has 0 saturated heterocycles.